The van der Waals surface area contributed by atoms with Crippen LogP contribution >= 0.6 is 0 Å². The van der Waals surface area contributed by atoms with E-state index in [4.69, 9.17) is 10.5 Å². The van der Waals surface area contributed by atoms with Gasteiger partial charge >= 0.3 is 12.0 Å². The average Bonchev–Trinajstić information content (AvgIpc) is 2.66. The Balaban J connectivity index is 2.19. The van der Waals surface area contributed by atoms with Crippen molar-refractivity contribution >= 4 is 24.1 Å². The molecule has 0 unspecified atom stereocenters. The maximum Gasteiger partial charge on any atom is 0.316 e. The second-order valence-electron chi connectivity index (χ2n) is 5.85. The average molecular weight is 369 g/mol. The minimum Gasteiger partial charge on any atom is -0.444 e. The number of benzene rings is 2. The summed E-state index contributed by atoms with van der Waals surface area (Å²) in [7, 11) is 0. The van der Waals surface area contributed by atoms with Crippen molar-refractivity contribution in [3.63, 3.8) is 0 Å². The highest BCUT2D eigenvalue weighted by Crippen LogP contribution is 2.29. The zero-order chi connectivity index (χ0) is 19.6. The third-order valence-corrected chi connectivity index (χ3v) is 4.07. The number of amides is 3. The van der Waals surface area contributed by atoms with E-state index in [-0.39, 0.29) is 19.1 Å². The number of hydrogen-bond acceptors (Lipinski definition) is 4. The van der Waals surface area contributed by atoms with Gasteiger partial charge in [-0.25, -0.2) is 4.79 Å². The van der Waals surface area contributed by atoms with E-state index >= 15 is 0 Å². The van der Waals surface area contributed by atoms with Gasteiger partial charge in [0, 0.05) is 12.1 Å². The summed E-state index contributed by atoms with van der Waals surface area (Å²) in [5.41, 5.74) is 10.00. The number of urea groups is 1. The first-order chi connectivity index (χ1) is 13.0. The molecule has 0 bridgehead atoms. The first-order valence-corrected chi connectivity index (χ1v) is 8.65. The van der Waals surface area contributed by atoms with Crippen LogP contribution in [-0.2, 0) is 27.2 Å². The molecule has 2 rings (SSSR count). The minimum atomic E-state index is -0.612. The lowest BCUT2D eigenvalue weighted by Crippen LogP contribution is -2.19. The molecule has 3 amide bonds. The van der Waals surface area contributed by atoms with E-state index in [2.05, 4.69) is 17.6 Å². The van der Waals surface area contributed by atoms with Crippen LogP contribution in [0.2, 0.25) is 0 Å². The van der Waals surface area contributed by atoms with Crippen molar-refractivity contribution in [2.45, 2.75) is 26.2 Å². The van der Waals surface area contributed by atoms with Crippen molar-refractivity contribution in [2.24, 2.45) is 5.73 Å². The number of hydrogen-bond donors (Lipinski definition) is 3. The van der Waals surface area contributed by atoms with Crippen molar-refractivity contribution < 1.29 is 19.1 Å². The van der Waals surface area contributed by atoms with Crippen LogP contribution in [0.5, 0.6) is 0 Å². The molecule has 0 spiro atoms. The second kappa shape index (κ2) is 9.96. The van der Waals surface area contributed by atoms with Crippen LogP contribution in [0.4, 0.5) is 10.5 Å². The smallest absolute Gasteiger partial charge is 0.316 e. The van der Waals surface area contributed by atoms with Gasteiger partial charge in [-0.3, -0.25) is 9.59 Å². The predicted molar refractivity (Wildman–Crippen MR) is 103 cm³/mol. The summed E-state index contributed by atoms with van der Waals surface area (Å²) in [5, 5.41) is 4.87. The molecule has 0 saturated carbocycles. The maximum atomic E-state index is 11.8. The van der Waals surface area contributed by atoms with E-state index in [1.807, 2.05) is 36.4 Å². The molecule has 2 aromatic rings. The molecule has 0 heterocycles. The molecule has 27 heavy (non-hydrogen) atoms. The zero-order valence-electron chi connectivity index (χ0n) is 15.2. The monoisotopic (exact) mass is 369 g/mol. The predicted octanol–water partition coefficient (Wildman–Crippen LogP) is 2.59. The number of nitrogens with one attached hydrogen (secondary N) is 2. The molecule has 7 nitrogen and oxygen atoms in total. The fraction of sp³-hybridized carbons (Fsp3) is 0.250. The van der Waals surface area contributed by atoms with E-state index in [1.54, 1.807) is 6.07 Å². The largest absolute Gasteiger partial charge is 0.444 e. The van der Waals surface area contributed by atoms with Crippen LogP contribution in [0.1, 0.15) is 24.5 Å². The van der Waals surface area contributed by atoms with Gasteiger partial charge in [0.25, 0.3) is 0 Å². The van der Waals surface area contributed by atoms with E-state index in [0.717, 1.165) is 28.7 Å². The Morgan fingerprint density at radius 3 is 2.67 bits per heavy atom. The Kier molecular flexibility index (Phi) is 7.37. The molecular formula is C20H23N3O4. The molecule has 0 saturated heterocycles. The molecule has 0 radical (unpaired) electrons. The normalized spacial score (nSPS) is 10.1. The number of ether oxygens (including phenoxy) is 1. The number of carbonyl (C=O) groups is 3. The molecule has 4 N–H and O–H groups in total. The standard InChI is InChI=1S/C20H23N3O4/c1-2-17-14(9-10-19(25)27-13-22-12-24)5-4-8-18(17)15-6-3-7-16(11-15)23-20(21)26/h3-8,11-12H,2,9-10,13H2,1H3,(H,22,24)(H3,21,23,26). The maximum absolute atomic E-state index is 11.8. The van der Waals surface area contributed by atoms with Gasteiger partial charge in [0.15, 0.2) is 6.73 Å². The number of anilines is 1. The number of esters is 1. The van der Waals surface area contributed by atoms with Gasteiger partial charge in [-0.2, -0.15) is 0 Å². The van der Waals surface area contributed by atoms with Gasteiger partial charge in [-0.05, 0) is 47.2 Å². The summed E-state index contributed by atoms with van der Waals surface area (Å²) >= 11 is 0. The molecule has 0 aromatic heterocycles. The van der Waals surface area contributed by atoms with E-state index in [1.165, 1.54) is 0 Å². The lowest BCUT2D eigenvalue weighted by atomic mass is 9.91. The quantitative estimate of drug-likeness (QED) is 0.273. The van der Waals surface area contributed by atoms with Gasteiger partial charge in [-0.1, -0.05) is 37.3 Å². The molecule has 0 atom stereocenters. The van der Waals surface area contributed by atoms with Gasteiger partial charge in [0.2, 0.25) is 6.41 Å². The van der Waals surface area contributed by atoms with E-state index in [0.29, 0.717) is 18.5 Å². The highest BCUT2D eigenvalue weighted by molar-refractivity contribution is 5.89. The molecule has 0 aliphatic rings. The molecule has 7 heteroatoms. The summed E-state index contributed by atoms with van der Waals surface area (Å²) < 4.78 is 4.91. The number of primary amides is 1. The van der Waals surface area contributed by atoms with E-state index < -0.39 is 6.03 Å². The van der Waals surface area contributed by atoms with Gasteiger partial charge in [0.05, 0.1) is 0 Å². The zero-order valence-corrected chi connectivity index (χ0v) is 15.2. The first-order valence-electron chi connectivity index (χ1n) is 8.65. The SMILES string of the molecule is CCc1c(CCC(=O)OCNC=O)cccc1-c1cccc(NC(N)=O)c1. The molecular weight excluding hydrogens is 346 g/mol. The van der Waals surface area contributed by atoms with Gasteiger partial charge < -0.3 is 21.1 Å². The summed E-state index contributed by atoms with van der Waals surface area (Å²) in [6.45, 7) is 1.93. The lowest BCUT2D eigenvalue weighted by Gasteiger charge is -2.15. The highest BCUT2D eigenvalue weighted by Gasteiger charge is 2.11. The van der Waals surface area contributed by atoms with Crippen LogP contribution in [0.25, 0.3) is 11.1 Å². The summed E-state index contributed by atoms with van der Waals surface area (Å²) in [6.07, 6.45) is 2.03. The molecule has 2 aromatic carbocycles. The van der Waals surface area contributed by atoms with Crippen LogP contribution in [0, 0.1) is 0 Å². The van der Waals surface area contributed by atoms with Crippen LogP contribution in [0.15, 0.2) is 42.5 Å². The minimum absolute atomic E-state index is 0.122. The lowest BCUT2D eigenvalue weighted by molar-refractivity contribution is -0.144. The third-order valence-electron chi connectivity index (χ3n) is 4.07. The van der Waals surface area contributed by atoms with Crippen LogP contribution in [0.3, 0.4) is 0 Å². The topological polar surface area (TPSA) is 111 Å². The Bertz CT molecular complexity index is 821. The van der Waals surface area contributed by atoms with Crippen LogP contribution in [-0.4, -0.2) is 25.1 Å². The number of nitrogens with two attached hydrogens (primary N) is 1. The van der Waals surface area contributed by atoms with Crippen molar-refractivity contribution in [2.75, 3.05) is 12.0 Å². The van der Waals surface area contributed by atoms with Crippen LogP contribution < -0.4 is 16.4 Å². The first kappa shape index (κ1) is 20.0. The highest BCUT2D eigenvalue weighted by atomic mass is 16.5. The van der Waals surface area contributed by atoms with Crippen molar-refractivity contribution in [1.82, 2.24) is 5.32 Å². The molecule has 0 fully saturated rings. The van der Waals surface area contributed by atoms with Gasteiger partial charge in [0.1, 0.15) is 0 Å². The van der Waals surface area contributed by atoms with Crippen molar-refractivity contribution in [3.05, 3.63) is 53.6 Å². The molecule has 142 valence electrons. The Hall–Kier alpha value is -3.35. The summed E-state index contributed by atoms with van der Waals surface area (Å²) in [6, 6.07) is 12.8. The third kappa shape index (κ3) is 5.85. The molecule has 0 aliphatic heterocycles. The Morgan fingerprint density at radius 2 is 1.96 bits per heavy atom. The molecule has 0 aliphatic carbocycles. The fourth-order valence-corrected chi connectivity index (χ4v) is 2.93. The number of carbonyl (C=O) groups excluding carboxylic acids is 3. The second-order valence-corrected chi connectivity index (χ2v) is 5.85. The fourth-order valence-electron chi connectivity index (χ4n) is 2.93. The Labute approximate surface area is 157 Å². The number of aryl methyl sites for hydroxylation is 1. The summed E-state index contributed by atoms with van der Waals surface area (Å²) in [5.74, 6) is -0.371. The summed E-state index contributed by atoms with van der Waals surface area (Å²) in [4.78, 5) is 33.0. The Morgan fingerprint density at radius 1 is 1.19 bits per heavy atom. The van der Waals surface area contributed by atoms with Gasteiger partial charge in [-0.15, -0.1) is 0 Å². The van der Waals surface area contributed by atoms with Crippen molar-refractivity contribution in [1.29, 1.82) is 0 Å². The number of rotatable bonds is 9. The van der Waals surface area contributed by atoms with E-state index in [9.17, 15) is 14.4 Å². The van der Waals surface area contributed by atoms with Crippen molar-refractivity contribution in [3.8, 4) is 11.1 Å².